The molecule has 32 heavy (non-hydrogen) atoms. The molecule has 3 rings (SSSR count). The normalized spacial score (nSPS) is 10.6. The van der Waals surface area contributed by atoms with Crippen molar-refractivity contribution in [1.29, 1.82) is 0 Å². The summed E-state index contributed by atoms with van der Waals surface area (Å²) in [5.41, 5.74) is 4.59. The lowest BCUT2D eigenvalue weighted by molar-refractivity contribution is -0.134. The number of rotatable bonds is 10. The van der Waals surface area contributed by atoms with Crippen molar-refractivity contribution in [2.45, 2.75) is 52.6 Å². The van der Waals surface area contributed by atoms with E-state index in [0.717, 1.165) is 42.4 Å². The van der Waals surface area contributed by atoms with Crippen molar-refractivity contribution < 1.29 is 19.1 Å². The van der Waals surface area contributed by atoms with E-state index in [2.05, 4.69) is 6.92 Å². The lowest BCUT2D eigenvalue weighted by atomic mass is 10.0. The van der Waals surface area contributed by atoms with E-state index in [0.29, 0.717) is 17.7 Å². The standard InChI is InChI=1S/C28H30O4/c1-3-4-5-6-7-27(29)32-26-18-16-24(17-19-26)23-12-14-25(15-13-23)28(30)31-20-22-10-8-21(2)9-11-22/h8-19H,3-7,20H2,1-2H3. The van der Waals surface area contributed by atoms with E-state index in [1.54, 1.807) is 24.3 Å². The Morgan fingerprint density at radius 3 is 2.00 bits per heavy atom. The van der Waals surface area contributed by atoms with Gasteiger partial charge in [0, 0.05) is 6.42 Å². The molecular weight excluding hydrogens is 400 g/mol. The lowest BCUT2D eigenvalue weighted by Crippen LogP contribution is -2.07. The largest absolute Gasteiger partial charge is 0.457 e. The van der Waals surface area contributed by atoms with Gasteiger partial charge in [0.1, 0.15) is 12.4 Å². The molecule has 0 heterocycles. The maximum atomic E-state index is 12.3. The van der Waals surface area contributed by atoms with Gasteiger partial charge in [-0.25, -0.2) is 4.79 Å². The molecule has 0 unspecified atom stereocenters. The number of aryl methyl sites for hydroxylation is 1. The number of esters is 2. The van der Waals surface area contributed by atoms with Crippen molar-refractivity contribution in [3.05, 3.63) is 89.5 Å². The minimum Gasteiger partial charge on any atom is -0.457 e. The summed E-state index contributed by atoms with van der Waals surface area (Å²) in [6.07, 6.45) is 4.66. The maximum absolute atomic E-state index is 12.3. The predicted molar refractivity (Wildman–Crippen MR) is 127 cm³/mol. The minimum atomic E-state index is -0.349. The molecule has 0 saturated carbocycles. The molecule has 166 valence electrons. The molecule has 3 aromatic carbocycles. The van der Waals surface area contributed by atoms with Crippen LogP contribution in [0.5, 0.6) is 5.75 Å². The average Bonchev–Trinajstić information content (AvgIpc) is 2.82. The van der Waals surface area contributed by atoms with Crippen molar-refractivity contribution >= 4 is 11.9 Å². The van der Waals surface area contributed by atoms with Gasteiger partial charge in [0.15, 0.2) is 0 Å². The summed E-state index contributed by atoms with van der Waals surface area (Å²) in [7, 11) is 0. The third-order valence-electron chi connectivity index (χ3n) is 5.26. The zero-order chi connectivity index (χ0) is 22.8. The second kappa shape index (κ2) is 11.8. The molecule has 4 heteroatoms. The van der Waals surface area contributed by atoms with Crippen LogP contribution in [0.1, 0.15) is 60.5 Å². The van der Waals surface area contributed by atoms with Gasteiger partial charge in [-0.1, -0.05) is 80.3 Å². The molecule has 0 fully saturated rings. The van der Waals surface area contributed by atoms with Gasteiger partial charge in [-0.15, -0.1) is 0 Å². The van der Waals surface area contributed by atoms with Crippen molar-refractivity contribution in [2.75, 3.05) is 0 Å². The Morgan fingerprint density at radius 2 is 1.38 bits per heavy atom. The molecule has 0 aliphatic rings. The fraction of sp³-hybridized carbons (Fsp3) is 0.286. The zero-order valence-electron chi connectivity index (χ0n) is 18.8. The Kier molecular flexibility index (Phi) is 8.61. The first-order chi connectivity index (χ1) is 15.5. The fourth-order valence-corrected chi connectivity index (χ4v) is 3.31. The topological polar surface area (TPSA) is 52.6 Å². The number of carbonyl (C=O) groups is 2. The predicted octanol–water partition coefficient (Wildman–Crippen LogP) is 6.89. The summed E-state index contributed by atoms with van der Waals surface area (Å²) in [5, 5.41) is 0. The highest BCUT2D eigenvalue weighted by molar-refractivity contribution is 5.90. The smallest absolute Gasteiger partial charge is 0.338 e. The van der Waals surface area contributed by atoms with E-state index in [-0.39, 0.29) is 18.5 Å². The fourth-order valence-electron chi connectivity index (χ4n) is 3.31. The van der Waals surface area contributed by atoms with E-state index in [1.165, 1.54) is 5.56 Å². The molecule has 0 aliphatic heterocycles. The number of hydrogen-bond donors (Lipinski definition) is 0. The summed E-state index contributed by atoms with van der Waals surface area (Å²) in [6, 6.07) is 22.6. The van der Waals surface area contributed by atoms with Gasteiger partial charge < -0.3 is 9.47 Å². The summed E-state index contributed by atoms with van der Waals surface area (Å²) in [6.45, 7) is 4.42. The molecular formula is C28H30O4. The number of ether oxygens (including phenoxy) is 2. The molecule has 0 saturated heterocycles. The van der Waals surface area contributed by atoms with Crippen LogP contribution in [-0.4, -0.2) is 11.9 Å². The van der Waals surface area contributed by atoms with E-state index in [4.69, 9.17) is 9.47 Å². The van der Waals surface area contributed by atoms with E-state index >= 15 is 0 Å². The van der Waals surface area contributed by atoms with Crippen LogP contribution in [0.25, 0.3) is 11.1 Å². The van der Waals surface area contributed by atoms with Crippen molar-refractivity contribution in [1.82, 2.24) is 0 Å². The van der Waals surface area contributed by atoms with E-state index in [1.807, 2.05) is 55.5 Å². The number of benzene rings is 3. The van der Waals surface area contributed by atoms with Gasteiger partial charge in [-0.3, -0.25) is 4.79 Å². The van der Waals surface area contributed by atoms with Gasteiger partial charge in [-0.2, -0.15) is 0 Å². The van der Waals surface area contributed by atoms with Crippen molar-refractivity contribution in [2.24, 2.45) is 0 Å². The number of unbranched alkanes of at least 4 members (excludes halogenated alkanes) is 3. The summed E-state index contributed by atoms with van der Waals surface area (Å²) in [5.74, 6) is 0.00576. The van der Waals surface area contributed by atoms with E-state index < -0.39 is 0 Å². The molecule has 0 radical (unpaired) electrons. The first kappa shape index (κ1) is 23.3. The van der Waals surface area contributed by atoms with Gasteiger partial charge >= 0.3 is 11.9 Å². The molecule has 0 aromatic heterocycles. The molecule has 0 spiro atoms. The van der Waals surface area contributed by atoms with Gasteiger partial charge in [0.2, 0.25) is 0 Å². The van der Waals surface area contributed by atoms with Crippen molar-refractivity contribution in [3.8, 4) is 16.9 Å². The summed E-state index contributed by atoms with van der Waals surface area (Å²) < 4.78 is 10.8. The third kappa shape index (κ3) is 7.09. The van der Waals surface area contributed by atoms with Crippen LogP contribution in [-0.2, 0) is 16.1 Å². The molecule has 0 bridgehead atoms. The highest BCUT2D eigenvalue weighted by Crippen LogP contribution is 2.23. The minimum absolute atomic E-state index is 0.192. The van der Waals surface area contributed by atoms with Crippen LogP contribution < -0.4 is 4.74 Å². The first-order valence-corrected chi connectivity index (χ1v) is 11.2. The Bertz CT molecular complexity index is 1000. The van der Waals surface area contributed by atoms with Crippen LogP contribution in [0.3, 0.4) is 0 Å². The highest BCUT2D eigenvalue weighted by Gasteiger charge is 2.09. The van der Waals surface area contributed by atoms with Gasteiger partial charge in [0.25, 0.3) is 0 Å². The molecule has 0 atom stereocenters. The highest BCUT2D eigenvalue weighted by atomic mass is 16.5. The van der Waals surface area contributed by atoms with Crippen LogP contribution in [0.4, 0.5) is 0 Å². The monoisotopic (exact) mass is 430 g/mol. The number of hydrogen-bond acceptors (Lipinski definition) is 4. The van der Waals surface area contributed by atoms with Gasteiger partial charge in [-0.05, 0) is 54.3 Å². The SMILES string of the molecule is CCCCCCC(=O)Oc1ccc(-c2ccc(C(=O)OCc3ccc(C)cc3)cc2)cc1. The zero-order valence-corrected chi connectivity index (χ0v) is 18.8. The Morgan fingerprint density at radius 1 is 0.750 bits per heavy atom. The molecule has 4 nitrogen and oxygen atoms in total. The Labute approximate surface area is 190 Å². The molecule has 0 amide bonds. The summed E-state index contributed by atoms with van der Waals surface area (Å²) >= 11 is 0. The quantitative estimate of drug-likeness (QED) is 0.199. The first-order valence-electron chi connectivity index (χ1n) is 11.2. The Balaban J connectivity index is 1.52. The second-order valence-electron chi connectivity index (χ2n) is 7.95. The summed E-state index contributed by atoms with van der Waals surface area (Å²) in [4.78, 5) is 24.2. The Hall–Kier alpha value is -3.40. The third-order valence-corrected chi connectivity index (χ3v) is 5.26. The van der Waals surface area contributed by atoms with Crippen LogP contribution >= 0.6 is 0 Å². The average molecular weight is 431 g/mol. The van der Waals surface area contributed by atoms with Crippen LogP contribution in [0.2, 0.25) is 0 Å². The lowest BCUT2D eigenvalue weighted by Gasteiger charge is -2.08. The van der Waals surface area contributed by atoms with Gasteiger partial charge in [0.05, 0.1) is 5.56 Å². The molecule has 0 N–H and O–H groups in total. The molecule has 0 aliphatic carbocycles. The van der Waals surface area contributed by atoms with Crippen LogP contribution in [0.15, 0.2) is 72.8 Å². The second-order valence-corrected chi connectivity index (χ2v) is 7.95. The van der Waals surface area contributed by atoms with Crippen LogP contribution in [0, 0.1) is 6.92 Å². The number of carbonyl (C=O) groups excluding carboxylic acids is 2. The maximum Gasteiger partial charge on any atom is 0.338 e. The molecule has 3 aromatic rings. The van der Waals surface area contributed by atoms with E-state index in [9.17, 15) is 9.59 Å². The van der Waals surface area contributed by atoms with Crippen molar-refractivity contribution in [3.63, 3.8) is 0 Å².